The van der Waals surface area contributed by atoms with E-state index in [-0.39, 0.29) is 6.10 Å². The summed E-state index contributed by atoms with van der Waals surface area (Å²) in [6.07, 6.45) is 0.261. The highest BCUT2D eigenvalue weighted by Crippen LogP contribution is 2.26. The molecule has 0 aliphatic carbocycles. The lowest BCUT2D eigenvalue weighted by molar-refractivity contribution is -0.162. The van der Waals surface area contributed by atoms with Gasteiger partial charge in [-0.05, 0) is 27.1 Å². The Kier molecular flexibility index (Phi) is 3.47. The van der Waals surface area contributed by atoms with Gasteiger partial charge in [0.2, 0.25) is 0 Å². The first-order valence-corrected chi connectivity index (χ1v) is 4.70. The Morgan fingerprint density at radius 3 is 2.64 bits per heavy atom. The molecule has 1 aliphatic heterocycles. The van der Waals surface area contributed by atoms with Gasteiger partial charge in [-0.1, -0.05) is 0 Å². The summed E-state index contributed by atoms with van der Waals surface area (Å²) in [6, 6.07) is 0. The fourth-order valence-corrected chi connectivity index (χ4v) is 2.07. The molecule has 0 aromatic carbocycles. The second-order valence-electron chi connectivity index (χ2n) is 3.80. The standard InChI is InChI=1S/C9H18N2O3/c1-11(2)9(8(12)13)4-5-10-6-7(9)14-3/h7,10H,4-6H2,1-3H3,(H,12,13). The van der Waals surface area contributed by atoms with E-state index in [2.05, 4.69) is 5.32 Å². The lowest BCUT2D eigenvalue weighted by atomic mass is 9.84. The number of hydrogen-bond donors (Lipinski definition) is 2. The average molecular weight is 202 g/mol. The molecule has 1 aliphatic rings. The first-order valence-electron chi connectivity index (χ1n) is 4.70. The zero-order valence-electron chi connectivity index (χ0n) is 8.91. The van der Waals surface area contributed by atoms with Crippen LogP contribution in [0.4, 0.5) is 0 Å². The fraction of sp³-hybridized carbons (Fsp3) is 0.889. The van der Waals surface area contributed by atoms with Crippen LogP contribution in [-0.4, -0.2) is 61.9 Å². The molecule has 0 aromatic heterocycles. The van der Waals surface area contributed by atoms with Gasteiger partial charge in [0.1, 0.15) is 5.54 Å². The minimum Gasteiger partial charge on any atom is -0.480 e. The van der Waals surface area contributed by atoms with E-state index in [9.17, 15) is 9.90 Å². The number of nitrogens with zero attached hydrogens (tertiary/aromatic N) is 1. The van der Waals surface area contributed by atoms with E-state index in [1.54, 1.807) is 26.1 Å². The van der Waals surface area contributed by atoms with Gasteiger partial charge in [-0.25, -0.2) is 0 Å². The SMILES string of the molecule is COC1CNCCC1(C(=O)O)N(C)C. The van der Waals surface area contributed by atoms with Crippen molar-refractivity contribution in [3.05, 3.63) is 0 Å². The van der Waals surface area contributed by atoms with Crippen molar-refractivity contribution in [1.82, 2.24) is 10.2 Å². The van der Waals surface area contributed by atoms with Gasteiger partial charge in [-0.2, -0.15) is 0 Å². The molecule has 82 valence electrons. The second kappa shape index (κ2) is 4.25. The van der Waals surface area contributed by atoms with Gasteiger partial charge in [0.05, 0.1) is 6.10 Å². The van der Waals surface area contributed by atoms with Crippen LogP contribution in [0.3, 0.4) is 0 Å². The first-order chi connectivity index (χ1) is 6.55. The number of carbonyl (C=O) groups is 1. The molecule has 1 heterocycles. The Hall–Kier alpha value is -0.650. The molecule has 0 spiro atoms. The summed E-state index contributed by atoms with van der Waals surface area (Å²) in [5.74, 6) is -0.809. The third-order valence-corrected chi connectivity index (χ3v) is 3.00. The van der Waals surface area contributed by atoms with Crippen LogP contribution in [-0.2, 0) is 9.53 Å². The molecule has 0 radical (unpaired) electrons. The van der Waals surface area contributed by atoms with Crippen molar-refractivity contribution < 1.29 is 14.6 Å². The predicted molar refractivity (Wildman–Crippen MR) is 52.3 cm³/mol. The van der Waals surface area contributed by atoms with Gasteiger partial charge < -0.3 is 15.2 Å². The molecular formula is C9H18N2O3. The highest BCUT2D eigenvalue weighted by Gasteiger charge is 2.49. The van der Waals surface area contributed by atoms with E-state index in [1.165, 1.54) is 0 Å². The number of methoxy groups -OCH3 is 1. The number of rotatable bonds is 3. The monoisotopic (exact) mass is 202 g/mol. The number of nitrogens with one attached hydrogen (secondary N) is 1. The maximum Gasteiger partial charge on any atom is 0.326 e. The van der Waals surface area contributed by atoms with Gasteiger partial charge in [0.15, 0.2) is 0 Å². The summed E-state index contributed by atoms with van der Waals surface area (Å²) in [4.78, 5) is 13.1. The maximum atomic E-state index is 11.3. The molecule has 0 bridgehead atoms. The largest absolute Gasteiger partial charge is 0.480 e. The fourth-order valence-electron chi connectivity index (χ4n) is 2.07. The number of carboxylic acids is 1. The number of piperidine rings is 1. The van der Waals surface area contributed by atoms with E-state index >= 15 is 0 Å². The maximum absolute atomic E-state index is 11.3. The van der Waals surface area contributed by atoms with E-state index in [0.717, 1.165) is 0 Å². The van der Waals surface area contributed by atoms with Gasteiger partial charge >= 0.3 is 5.97 Å². The van der Waals surface area contributed by atoms with E-state index in [0.29, 0.717) is 19.5 Å². The molecule has 2 atom stereocenters. The second-order valence-corrected chi connectivity index (χ2v) is 3.80. The van der Waals surface area contributed by atoms with E-state index in [1.807, 2.05) is 0 Å². The van der Waals surface area contributed by atoms with Gasteiger partial charge in [-0.15, -0.1) is 0 Å². The molecule has 2 unspecified atom stereocenters. The molecule has 14 heavy (non-hydrogen) atoms. The molecule has 1 fully saturated rings. The summed E-state index contributed by atoms with van der Waals surface area (Å²) < 4.78 is 5.24. The summed E-state index contributed by atoms with van der Waals surface area (Å²) in [5.41, 5.74) is -0.889. The van der Waals surface area contributed by atoms with Gasteiger partial charge in [0.25, 0.3) is 0 Å². The van der Waals surface area contributed by atoms with Crippen molar-refractivity contribution in [2.75, 3.05) is 34.3 Å². The smallest absolute Gasteiger partial charge is 0.326 e. The first kappa shape index (κ1) is 11.4. The average Bonchev–Trinajstić information content (AvgIpc) is 2.16. The van der Waals surface area contributed by atoms with Crippen molar-refractivity contribution in [2.45, 2.75) is 18.1 Å². The lowest BCUT2D eigenvalue weighted by Crippen LogP contribution is -2.66. The third-order valence-electron chi connectivity index (χ3n) is 3.00. The van der Waals surface area contributed by atoms with Gasteiger partial charge in [0, 0.05) is 13.7 Å². The van der Waals surface area contributed by atoms with Crippen LogP contribution in [0.15, 0.2) is 0 Å². The molecule has 5 heteroatoms. The summed E-state index contributed by atoms with van der Waals surface area (Å²) >= 11 is 0. The molecule has 1 rings (SSSR count). The molecule has 0 aromatic rings. The zero-order valence-corrected chi connectivity index (χ0v) is 8.91. The molecule has 5 nitrogen and oxygen atoms in total. The van der Waals surface area contributed by atoms with Crippen LogP contribution >= 0.6 is 0 Å². The van der Waals surface area contributed by atoms with E-state index < -0.39 is 11.5 Å². The minimum atomic E-state index is -0.889. The topological polar surface area (TPSA) is 61.8 Å². The van der Waals surface area contributed by atoms with Crippen molar-refractivity contribution in [3.8, 4) is 0 Å². The quantitative estimate of drug-likeness (QED) is 0.638. The van der Waals surface area contributed by atoms with Gasteiger partial charge in [-0.3, -0.25) is 9.69 Å². The number of likely N-dealkylation sites (N-methyl/N-ethyl adjacent to an activating group) is 1. The number of ether oxygens (including phenoxy) is 1. The van der Waals surface area contributed by atoms with Crippen molar-refractivity contribution in [3.63, 3.8) is 0 Å². The Morgan fingerprint density at radius 1 is 1.64 bits per heavy atom. The van der Waals surface area contributed by atoms with Crippen LogP contribution in [0, 0.1) is 0 Å². The molecule has 0 saturated carbocycles. The zero-order chi connectivity index (χ0) is 10.8. The van der Waals surface area contributed by atoms with Crippen LogP contribution in [0.25, 0.3) is 0 Å². The van der Waals surface area contributed by atoms with E-state index in [4.69, 9.17) is 4.74 Å². The van der Waals surface area contributed by atoms with Crippen molar-refractivity contribution >= 4 is 5.97 Å². The van der Waals surface area contributed by atoms with Crippen molar-refractivity contribution in [2.24, 2.45) is 0 Å². The summed E-state index contributed by atoms with van der Waals surface area (Å²) in [6.45, 7) is 1.30. The molecule has 0 amide bonds. The predicted octanol–water partition coefficient (Wildman–Crippen LogP) is -0.620. The Bertz CT molecular complexity index is 220. The Labute approximate surface area is 84.0 Å². The Morgan fingerprint density at radius 2 is 2.29 bits per heavy atom. The molecular weight excluding hydrogens is 184 g/mol. The third kappa shape index (κ3) is 1.63. The number of carboxylic acid groups (broad SMARTS) is 1. The summed E-state index contributed by atoms with van der Waals surface area (Å²) in [5, 5.41) is 12.4. The molecule has 2 N–H and O–H groups in total. The normalized spacial score (nSPS) is 33.3. The minimum absolute atomic E-state index is 0.302. The van der Waals surface area contributed by atoms with Crippen LogP contribution in [0.5, 0.6) is 0 Å². The van der Waals surface area contributed by atoms with Crippen LogP contribution in [0.2, 0.25) is 0 Å². The highest BCUT2D eigenvalue weighted by molar-refractivity contribution is 5.80. The lowest BCUT2D eigenvalue weighted by Gasteiger charge is -2.44. The van der Waals surface area contributed by atoms with Crippen LogP contribution < -0.4 is 5.32 Å². The number of aliphatic carboxylic acids is 1. The highest BCUT2D eigenvalue weighted by atomic mass is 16.5. The van der Waals surface area contributed by atoms with Crippen LogP contribution in [0.1, 0.15) is 6.42 Å². The summed E-state index contributed by atoms with van der Waals surface area (Å²) in [7, 11) is 5.12. The van der Waals surface area contributed by atoms with Crippen molar-refractivity contribution in [1.29, 1.82) is 0 Å². The molecule has 1 saturated heterocycles. The Balaban J connectivity index is 2.97. The number of hydrogen-bond acceptors (Lipinski definition) is 4.